The van der Waals surface area contributed by atoms with Crippen molar-refractivity contribution in [2.75, 3.05) is 27.4 Å². The van der Waals surface area contributed by atoms with Gasteiger partial charge in [-0.3, -0.25) is 9.59 Å². The lowest BCUT2D eigenvalue weighted by Crippen LogP contribution is -2.58. The van der Waals surface area contributed by atoms with Crippen molar-refractivity contribution in [2.24, 2.45) is 0 Å². The van der Waals surface area contributed by atoms with Crippen LogP contribution in [0.15, 0.2) is 0 Å². The number of carbonyl (C=O) groups excluding carboxylic acids is 2. The van der Waals surface area contributed by atoms with Crippen LogP contribution in [0.25, 0.3) is 0 Å². The minimum atomic E-state index is -0.750. The number of hydrogen-bond acceptors (Lipinski definition) is 7. The van der Waals surface area contributed by atoms with E-state index in [1.165, 1.54) is 28.1 Å². The van der Waals surface area contributed by atoms with Crippen molar-refractivity contribution in [2.45, 2.75) is 38.3 Å². The zero-order valence-corrected chi connectivity index (χ0v) is 11.6. The molecule has 4 atom stereocenters. The Hall–Kier alpha value is -1.18. The Morgan fingerprint density at radius 2 is 1.68 bits per heavy atom. The molecule has 7 heteroatoms. The number of methoxy groups -OCH3 is 2. The average Bonchev–Trinajstić information content (AvgIpc) is 2.32. The summed E-state index contributed by atoms with van der Waals surface area (Å²) in [5.74, 6) is -0.953. The van der Waals surface area contributed by atoms with Gasteiger partial charge in [0.2, 0.25) is 0 Å². The van der Waals surface area contributed by atoms with Gasteiger partial charge in [-0.05, 0) is 0 Å². The summed E-state index contributed by atoms with van der Waals surface area (Å²) in [5, 5.41) is 0. The highest BCUT2D eigenvalue weighted by atomic mass is 16.6. The fraction of sp³-hybridized carbons (Fsp3) is 0.833. The molecule has 0 aromatic heterocycles. The van der Waals surface area contributed by atoms with E-state index >= 15 is 0 Å². The first-order chi connectivity index (χ1) is 8.99. The SMILES string of the molecule is COC[C@H]1OC[C@@H](OC)[C@@H](OC(C)=O)[C@@H]1OC(C)=O. The van der Waals surface area contributed by atoms with Gasteiger partial charge in [0.1, 0.15) is 12.2 Å². The summed E-state index contributed by atoms with van der Waals surface area (Å²) in [6.07, 6.45) is -2.44. The van der Waals surface area contributed by atoms with Gasteiger partial charge in [-0.25, -0.2) is 0 Å². The fourth-order valence-corrected chi connectivity index (χ4v) is 2.01. The minimum Gasteiger partial charge on any atom is -0.456 e. The molecule has 1 aliphatic heterocycles. The molecule has 0 aliphatic carbocycles. The predicted molar refractivity (Wildman–Crippen MR) is 63.5 cm³/mol. The quantitative estimate of drug-likeness (QED) is 0.649. The third-order valence-electron chi connectivity index (χ3n) is 2.77. The monoisotopic (exact) mass is 276 g/mol. The van der Waals surface area contributed by atoms with E-state index in [1.54, 1.807) is 0 Å². The zero-order valence-electron chi connectivity index (χ0n) is 11.6. The molecule has 0 saturated carbocycles. The third kappa shape index (κ3) is 4.45. The standard InChI is InChI=1S/C12H20O7/c1-7(13)18-11-9(16-4)6-17-10(5-15-3)12(11)19-8(2)14/h9-12H,5-6H2,1-4H3/t9-,10-,11-,12-/m1/s1. The van der Waals surface area contributed by atoms with Crippen LogP contribution in [0.2, 0.25) is 0 Å². The minimum absolute atomic E-state index is 0.228. The summed E-state index contributed by atoms with van der Waals surface area (Å²) < 4.78 is 26.2. The molecule has 0 spiro atoms. The van der Waals surface area contributed by atoms with Crippen molar-refractivity contribution < 1.29 is 33.3 Å². The number of esters is 2. The summed E-state index contributed by atoms with van der Waals surface area (Å²) in [5.41, 5.74) is 0. The van der Waals surface area contributed by atoms with E-state index in [9.17, 15) is 9.59 Å². The highest BCUT2D eigenvalue weighted by Gasteiger charge is 2.45. The van der Waals surface area contributed by atoms with Crippen LogP contribution in [0.1, 0.15) is 13.8 Å². The number of carbonyl (C=O) groups is 2. The number of rotatable bonds is 5. The van der Waals surface area contributed by atoms with Crippen LogP contribution < -0.4 is 0 Å². The van der Waals surface area contributed by atoms with Crippen LogP contribution in [-0.2, 0) is 33.3 Å². The van der Waals surface area contributed by atoms with Crippen LogP contribution in [0, 0.1) is 0 Å². The highest BCUT2D eigenvalue weighted by Crippen LogP contribution is 2.24. The summed E-state index contributed by atoms with van der Waals surface area (Å²) >= 11 is 0. The van der Waals surface area contributed by atoms with Gasteiger partial charge in [0, 0.05) is 28.1 Å². The van der Waals surface area contributed by atoms with Crippen LogP contribution in [-0.4, -0.2) is 63.8 Å². The van der Waals surface area contributed by atoms with E-state index in [4.69, 9.17) is 23.7 Å². The van der Waals surface area contributed by atoms with Gasteiger partial charge in [-0.1, -0.05) is 0 Å². The zero-order chi connectivity index (χ0) is 14.4. The maximum atomic E-state index is 11.2. The average molecular weight is 276 g/mol. The molecule has 1 heterocycles. The molecule has 0 aromatic carbocycles. The molecule has 0 aromatic rings. The molecule has 0 unspecified atom stereocenters. The van der Waals surface area contributed by atoms with Gasteiger partial charge in [0.25, 0.3) is 0 Å². The van der Waals surface area contributed by atoms with Gasteiger partial charge >= 0.3 is 11.9 Å². The Morgan fingerprint density at radius 3 is 2.16 bits per heavy atom. The van der Waals surface area contributed by atoms with Gasteiger partial charge in [-0.15, -0.1) is 0 Å². The van der Waals surface area contributed by atoms with E-state index in [0.29, 0.717) is 0 Å². The summed E-state index contributed by atoms with van der Waals surface area (Å²) in [6, 6.07) is 0. The van der Waals surface area contributed by atoms with Gasteiger partial charge in [0.15, 0.2) is 12.2 Å². The Balaban J connectivity index is 2.89. The van der Waals surface area contributed by atoms with Crippen molar-refractivity contribution in [3.05, 3.63) is 0 Å². The lowest BCUT2D eigenvalue weighted by molar-refractivity contribution is -0.228. The molecule has 0 radical (unpaired) electrons. The Labute approximate surface area is 112 Å². The van der Waals surface area contributed by atoms with Crippen LogP contribution >= 0.6 is 0 Å². The van der Waals surface area contributed by atoms with E-state index < -0.39 is 36.4 Å². The first-order valence-corrected chi connectivity index (χ1v) is 5.97. The maximum absolute atomic E-state index is 11.2. The molecule has 0 bridgehead atoms. The second-order valence-electron chi connectivity index (χ2n) is 4.25. The predicted octanol–water partition coefficient (Wildman–Crippen LogP) is -0.0900. The first kappa shape index (κ1) is 15.9. The topological polar surface area (TPSA) is 80.3 Å². The maximum Gasteiger partial charge on any atom is 0.303 e. The summed E-state index contributed by atoms with van der Waals surface area (Å²) in [7, 11) is 2.99. The van der Waals surface area contributed by atoms with Crippen LogP contribution in [0.4, 0.5) is 0 Å². The molecule has 1 rings (SSSR count). The van der Waals surface area contributed by atoms with Crippen molar-refractivity contribution in [3.8, 4) is 0 Å². The fourth-order valence-electron chi connectivity index (χ4n) is 2.01. The van der Waals surface area contributed by atoms with Gasteiger partial charge in [-0.2, -0.15) is 0 Å². The van der Waals surface area contributed by atoms with Crippen molar-refractivity contribution >= 4 is 11.9 Å². The van der Waals surface area contributed by atoms with Crippen molar-refractivity contribution in [1.29, 1.82) is 0 Å². The molecule has 7 nitrogen and oxygen atoms in total. The second kappa shape index (κ2) is 7.42. The second-order valence-corrected chi connectivity index (χ2v) is 4.25. The highest BCUT2D eigenvalue weighted by molar-refractivity contribution is 5.67. The Bertz CT molecular complexity index is 317. The van der Waals surface area contributed by atoms with E-state index in [2.05, 4.69) is 0 Å². The largest absolute Gasteiger partial charge is 0.456 e. The van der Waals surface area contributed by atoms with E-state index in [1.807, 2.05) is 0 Å². The molecule has 1 saturated heterocycles. The molecule has 19 heavy (non-hydrogen) atoms. The molecule has 110 valence electrons. The first-order valence-electron chi connectivity index (χ1n) is 5.97. The van der Waals surface area contributed by atoms with Crippen molar-refractivity contribution in [3.63, 3.8) is 0 Å². The molecule has 1 fully saturated rings. The smallest absolute Gasteiger partial charge is 0.303 e. The third-order valence-corrected chi connectivity index (χ3v) is 2.77. The molecule has 1 aliphatic rings. The summed E-state index contributed by atoms with van der Waals surface area (Å²) in [6.45, 7) is 3.04. The van der Waals surface area contributed by atoms with Gasteiger partial charge < -0.3 is 23.7 Å². The normalized spacial score (nSPS) is 30.7. The lowest BCUT2D eigenvalue weighted by atomic mass is 9.99. The molecule has 0 amide bonds. The Kier molecular flexibility index (Phi) is 6.20. The van der Waals surface area contributed by atoms with Crippen molar-refractivity contribution in [1.82, 2.24) is 0 Å². The van der Waals surface area contributed by atoms with Crippen LogP contribution in [0.5, 0.6) is 0 Å². The number of hydrogen-bond donors (Lipinski definition) is 0. The van der Waals surface area contributed by atoms with E-state index in [0.717, 1.165) is 0 Å². The lowest BCUT2D eigenvalue weighted by Gasteiger charge is -2.40. The number of ether oxygens (including phenoxy) is 5. The molecular formula is C12H20O7. The van der Waals surface area contributed by atoms with Gasteiger partial charge in [0.05, 0.1) is 13.2 Å². The summed E-state index contributed by atoms with van der Waals surface area (Å²) in [4.78, 5) is 22.4. The van der Waals surface area contributed by atoms with E-state index in [-0.39, 0.29) is 13.2 Å². The van der Waals surface area contributed by atoms with Crippen LogP contribution in [0.3, 0.4) is 0 Å². The Morgan fingerprint density at radius 1 is 1.11 bits per heavy atom. The molecular weight excluding hydrogens is 256 g/mol. The molecule has 0 N–H and O–H groups in total.